The van der Waals surface area contributed by atoms with Crippen molar-refractivity contribution in [3.05, 3.63) is 16.1 Å². The minimum atomic E-state index is -0.0319. The SMILES string of the molecule is CCNC(=NCc1csc(C(C)(C)C)n1)N1CCN(C(C)C(=O)N2CCCC2)CC1. The summed E-state index contributed by atoms with van der Waals surface area (Å²) in [7, 11) is 0. The van der Waals surface area contributed by atoms with Crippen LogP contribution in [0.1, 0.15) is 58.2 Å². The normalized spacial score (nSPS) is 20.0. The van der Waals surface area contributed by atoms with E-state index >= 15 is 0 Å². The molecule has 2 aliphatic heterocycles. The highest BCUT2D eigenvalue weighted by Gasteiger charge is 2.30. The van der Waals surface area contributed by atoms with Crippen LogP contribution in [-0.4, -0.2) is 83.4 Å². The Morgan fingerprint density at radius 2 is 1.83 bits per heavy atom. The lowest BCUT2D eigenvalue weighted by Gasteiger charge is -2.39. The van der Waals surface area contributed by atoms with Gasteiger partial charge in [-0.2, -0.15) is 0 Å². The van der Waals surface area contributed by atoms with Crippen LogP contribution in [0.4, 0.5) is 0 Å². The van der Waals surface area contributed by atoms with Gasteiger partial charge in [-0.1, -0.05) is 20.8 Å². The third-order valence-electron chi connectivity index (χ3n) is 5.86. The second-order valence-electron chi connectivity index (χ2n) is 9.30. The molecule has 1 amide bonds. The van der Waals surface area contributed by atoms with E-state index in [-0.39, 0.29) is 11.5 Å². The Kier molecular flexibility index (Phi) is 7.74. The fraction of sp³-hybridized carbons (Fsp3) is 0.773. The lowest BCUT2D eigenvalue weighted by Crippen LogP contribution is -2.57. The van der Waals surface area contributed by atoms with Crippen LogP contribution in [0.5, 0.6) is 0 Å². The second kappa shape index (κ2) is 10.1. The second-order valence-corrected chi connectivity index (χ2v) is 10.2. The number of hydrogen-bond acceptors (Lipinski definition) is 5. The smallest absolute Gasteiger partial charge is 0.239 e. The molecule has 0 bridgehead atoms. The van der Waals surface area contributed by atoms with E-state index < -0.39 is 0 Å². The summed E-state index contributed by atoms with van der Waals surface area (Å²) in [6.07, 6.45) is 2.29. The van der Waals surface area contributed by atoms with Crippen molar-refractivity contribution in [3.8, 4) is 0 Å². The van der Waals surface area contributed by atoms with Gasteiger partial charge in [0.2, 0.25) is 5.91 Å². The first kappa shape index (κ1) is 23.0. The third-order valence-corrected chi connectivity index (χ3v) is 7.17. The minimum Gasteiger partial charge on any atom is -0.357 e. The maximum absolute atomic E-state index is 12.7. The van der Waals surface area contributed by atoms with Gasteiger partial charge in [-0.15, -0.1) is 11.3 Å². The molecule has 1 aromatic rings. The number of carbonyl (C=O) groups excluding carboxylic acids is 1. The summed E-state index contributed by atoms with van der Waals surface area (Å²) in [4.78, 5) is 29.0. The van der Waals surface area contributed by atoms with Crippen LogP contribution in [0.3, 0.4) is 0 Å². The summed E-state index contributed by atoms with van der Waals surface area (Å²) in [6, 6.07) is -0.0319. The number of hydrogen-bond donors (Lipinski definition) is 1. The summed E-state index contributed by atoms with van der Waals surface area (Å²) in [5, 5.41) is 6.71. The average Bonchev–Trinajstić information content (AvgIpc) is 3.42. The number of likely N-dealkylation sites (tertiary alicyclic amines) is 1. The molecule has 2 aliphatic rings. The topological polar surface area (TPSA) is 64.1 Å². The molecule has 30 heavy (non-hydrogen) atoms. The van der Waals surface area contributed by atoms with Gasteiger partial charge in [0.1, 0.15) is 0 Å². The van der Waals surface area contributed by atoms with E-state index in [1.54, 1.807) is 11.3 Å². The van der Waals surface area contributed by atoms with Gasteiger partial charge in [-0.3, -0.25) is 9.69 Å². The summed E-state index contributed by atoms with van der Waals surface area (Å²) in [5.41, 5.74) is 1.11. The molecule has 3 rings (SSSR count). The van der Waals surface area contributed by atoms with Crippen LogP contribution >= 0.6 is 11.3 Å². The number of thiazole rings is 1. The zero-order chi connectivity index (χ0) is 21.7. The van der Waals surface area contributed by atoms with Crippen LogP contribution in [0, 0.1) is 0 Å². The van der Waals surface area contributed by atoms with Crippen molar-refractivity contribution in [1.29, 1.82) is 0 Å². The lowest BCUT2D eigenvalue weighted by molar-refractivity contribution is -0.135. The van der Waals surface area contributed by atoms with Gasteiger partial charge in [0.05, 0.1) is 23.3 Å². The number of nitrogens with one attached hydrogen (secondary N) is 1. The van der Waals surface area contributed by atoms with Crippen molar-refractivity contribution in [2.75, 3.05) is 45.8 Å². The molecule has 0 saturated carbocycles. The predicted octanol–water partition coefficient (Wildman–Crippen LogP) is 2.53. The van der Waals surface area contributed by atoms with Gasteiger partial charge in [0, 0.05) is 56.6 Å². The van der Waals surface area contributed by atoms with Crippen molar-refractivity contribution in [2.45, 2.75) is 65.5 Å². The number of nitrogens with zero attached hydrogens (tertiary/aromatic N) is 5. The summed E-state index contributed by atoms with van der Waals surface area (Å²) < 4.78 is 0. The van der Waals surface area contributed by atoms with Gasteiger partial charge in [-0.05, 0) is 26.7 Å². The predicted molar refractivity (Wildman–Crippen MR) is 124 cm³/mol. The molecule has 168 valence electrons. The first-order valence-corrected chi connectivity index (χ1v) is 12.2. The van der Waals surface area contributed by atoms with Gasteiger partial charge >= 0.3 is 0 Å². The Labute approximate surface area is 185 Å². The molecule has 0 aromatic carbocycles. The molecule has 1 aromatic heterocycles. The summed E-state index contributed by atoms with van der Waals surface area (Å²) in [5.74, 6) is 1.24. The van der Waals surface area contributed by atoms with Gasteiger partial charge in [0.25, 0.3) is 0 Å². The van der Waals surface area contributed by atoms with E-state index in [1.807, 2.05) is 4.90 Å². The highest BCUT2D eigenvalue weighted by Crippen LogP contribution is 2.25. The van der Waals surface area contributed by atoms with Crippen molar-refractivity contribution < 1.29 is 4.79 Å². The van der Waals surface area contributed by atoms with E-state index in [9.17, 15) is 4.79 Å². The van der Waals surface area contributed by atoms with Crippen molar-refractivity contribution in [1.82, 2.24) is 25.0 Å². The Balaban J connectivity index is 1.56. The number of aromatic nitrogens is 1. The Bertz CT molecular complexity index is 726. The number of aliphatic imine (C=N–C) groups is 1. The maximum atomic E-state index is 12.7. The van der Waals surface area contributed by atoms with E-state index in [4.69, 9.17) is 9.98 Å². The quantitative estimate of drug-likeness (QED) is 0.570. The molecule has 8 heteroatoms. The third kappa shape index (κ3) is 5.72. The zero-order valence-corrected chi connectivity index (χ0v) is 20.1. The van der Waals surface area contributed by atoms with Crippen LogP contribution in [0.25, 0.3) is 0 Å². The van der Waals surface area contributed by atoms with Crippen LogP contribution < -0.4 is 5.32 Å². The fourth-order valence-corrected chi connectivity index (χ4v) is 4.88. The molecule has 2 saturated heterocycles. The fourth-order valence-electron chi connectivity index (χ4n) is 3.98. The van der Waals surface area contributed by atoms with Crippen LogP contribution in [-0.2, 0) is 16.8 Å². The van der Waals surface area contributed by atoms with Crippen LogP contribution in [0.15, 0.2) is 10.4 Å². The van der Waals surface area contributed by atoms with Crippen molar-refractivity contribution in [3.63, 3.8) is 0 Å². The minimum absolute atomic E-state index is 0.0319. The molecular weight excluding hydrogens is 396 g/mol. The number of rotatable bonds is 5. The maximum Gasteiger partial charge on any atom is 0.239 e. The van der Waals surface area contributed by atoms with E-state index in [0.717, 1.165) is 75.3 Å². The standard InChI is InChI=1S/C22H38N6OS/c1-6-23-21(24-15-18-16-30-20(25-18)22(3,4)5)28-13-11-26(12-14-28)17(2)19(29)27-9-7-8-10-27/h16-17H,6-15H2,1-5H3,(H,23,24). The molecule has 7 nitrogen and oxygen atoms in total. The Morgan fingerprint density at radius 1 is 1.17 bits per heavy atom. The molecule has 1 unspecified atom stereocenters. The highest BCUT2D eigenvalue weighted by molar-refractivity contribution is 7.09. The van der Waals surface area contributed by atoms with Gasteiger partial charge < -0.3 is 15.1 Å². The van der Waals surface area contributed by atoms with Gasteiger partial charge in [0.15, 0.2) is 5.96 Å². The van der Waals surface area contributed by atoms with Crippen LogP contribution in [0.2, 0.25) is 0 Å². The average molecular weight is 435 g/mol. The first-order chi connectivity index (χ1) is 14.3. The summed E-state index contributed by atoms with van der Waals surface area (Å²) >= 11 is 1.72. The molecule has 2 fully saturated rings. The largest absolute Gasteiger partial charge is 0.357 e. The number of guanidine groups is 1. The first-order valence-electron chi connectivity index (χ1n) is 11.3. The van der Waals surface area contributed by atoms with E-state index in [0.29, 0.717) is 12.5 Å². The number of carbonyl (C=O) groups is 1. The van der Waals surface area contributed by atoms with Crippen molar-refractivity contribution in [2.24, 2.45) is 4.99 Å². The highest BCUT2D eigenvalue weighted by atomic mass is 32.1. The molecule has 1 atom stereocenters. The van der Waals surface area contributed by atoms with Crippen molar-refractivity contribution >= 4 is 23.2 Å². The zero-order valence-electron chi connectivity index (χ0n) is 19.3. The van der Waals surface area contributed by atoms with E-state index in [1.165, 1.54) is 0 Å². The van der Waals surface area contributed by atoms with Gasteiger partial charge in [-0.25, -0.2) is 9.98 Å². The lowest BCUT2D eigenvalue weighted by atomic mass is 9.98. The molecule has 0 spiro atoms. The molecule has 0 aliphatic carbocycles. The Hall–Kier alpha value is -1.67. The molecule has 3 heterocycles. The monoisotopic (exact) mass is 434 g/mol. The number of piperazine rings is 1. The molecular formula is C22H38N6OS. The Morgan fingerprint density at radius 3 is 2.40 bits per heavy atom. The summed E-state index contributed by atoms with van der Waals surface area (Å²) in [6.45, 7) is 17.6. The number of amides is 1. The van der Waals surface area contributed by atoms with E-state index in [2.05, 4.69) is 55.1 Å². The molecule has 0 radical (unpaired) electrons. The molecule has 1 N–H and O–H groups in total.